The monoisotopic (exact) mass is 520 g/mol. The molecule has 4 aliphatic heterocycles. The number of nitrogens with one attached hydrogen (secondary N) is 1. The van der Waals surface area contributed by atoms with Crippen LogP contribution >= 0.6 is 0 Å². The third kappa shape index (κ3) is 3.27. The van der Waals surface area contributed by atoms with E-state index in [2.05, 4.69) is 5.32 Å². The molecule has 2 fully saturated rings. The molecule has 0 radical (unpaired) electrons. The smallest absolute Gasteiger partial charge is 0.253 e. The van der Waals surface area contributed by atoms with Gasteiger partial charge in [0.25, 0.3) is 5.91 Å². The van der Waals surface area contributed by atoms with Gasteiger partial charge in [0.1, 0.15) is 12.1 Å². The van der Waals surface area contributed by atoms with E-state index in [1.165, 1.54) is 9.80 Å². The maximum Gasteiger partial charge on any atom is 0.253 e. The zero-order valence-corrected chi connectivity index (χ0v) is 21.5. The number of nitrogens with zero attached hydrogens (tertiary/aromatic N) is 3. The second-order valence-electron chi connectivity index (χ2n) is 10.8. The molecule has 7 rings (SSSR count). The van der Waals surface area contributed by atoms with Crippen molar-refractivity contribution in [2.45, 2.75) is 31.5 Å². The van der Waals surface area contributed by atoms with Crippen molar-refractivity contribution in [2.75, 3.05) is 22.9 Å². The van der Waals surface area contributed by atoms with Crippen LogP contribution in [0.4, 0.5) is 11.4 Å². The lowest BCUT2D eigenvalue weighted by molar-refractivity contribution is -0.143. The number of benzene rings is 3. The predicted octanol–water partition coefficient (Wildman–Crippen LogP) is 2.61. The van der Waals surface area contributed by atoms with E-state index >= 15 is 0 Å². The van der Waals surface area contributed by atoms with E-state index in [9.17, 15) is 19.2 Å². The third-order valence-electron chi connectivity index (χ3n) is 8.77. The van der Waals surface area contributed by atoms with Crippen LogP contribution in [0.15, 0.2) is 78.9 Å². The fourth-order valence-electron chi connectivity index (χ4n) is 7.07. The summed E-state index contributed by atoms with van der Waals surface area (Å²) in [5, 5.41) is 3.39. The average Bonchev–Trinajstić information content (AvgIpc) is 3.65. The summed E-state index contributed by atoms with van der Waals surface area (Å²) < 4.78 is 0. The van der Waals surface area contributed by atoms with E-state index < -0.39 is 23.4 Å². The van der Waals surface area contributed by atoms with Crippen molar-refractivity contribution in [3.05, 3.63) is 95.6 Å². The third-order valence-corrected chi connectivity index (χ3v) is 8.77. The molecule has 3 aromatic rings. The lowest BCUT2D eigenvalue weighted by Gasteiger charge is -2.30. The summed E-state index contributed by atoms with van der Waals surface area (Å²) in [5.41, 5.74) is 2.68. The van der Waals surface area contributed by atoms with E-state index in [4.69, 9.17) is 0 Å². The molecule has 2 saturated heterocycles. The number of likely N-dealkylation sites (tertiary alicyclic amines) is 1. The fourth-order valence-corrected chi connectivity index (χ4v) is 7.07. The maximum atomic E-state index is 14.4. The van der Waals surface area contributed by atoms with Crippen LogP contribution in [0.2, 0.25) is 0 Å². The molecule has 4 atom stereocenters. The van der Waals surface area contributed by atoms with Crippen LogP contribution in [0.25, 0.3) is 0 Å². The lowest BCUT2D eigenvalue weighted by atomic mass is 9.76. The molecule has 8 heteroatoms. The molecule has 1 spiro atoms. The number of hydrogen-bond donors (Lipinski definition) is 1. The van der Waals surface area contributed by atoms with Gasteiger partial charge < -0.3 is 9.80 Å². The molecule has 3 aromatic carbocycles. The minimum Gasteiger partial charge on any atom is -0.310 e. The Morgan fingerprint density at radius 1 is 0.872 bits per heavy atom. The van der Waals surface area contributed by atoms with Gasteiger partial charge in [-0.05, 0) is 36.6 Å². The van der Waals surface area contributed by atoms with Gasteiger partial charge in [-0.15, -0.1) is 0 Å². The lowest BCUT2D eigenvalue weighted by Crippen LogP contribution is -2.55. The first-order valence-electron chi connectivity index (χ1n) is 13.4. The van der Waals surface area contributed by atoms with Crippen molar-refractivity contribution in [3.8, 4) is 0 Å². The van der Waals surface area contributed by atoms with Gasteiger partial charge in [-0.1, -0.05) is 66.7 Å². The number of fused-ring (bicyclic) bond motifs is 5. The Morgan fingerprint density at radius 3 is 2.36 bits per heavy atom. The molecule has 196 valence electrons. The summed E-state index contributed by atoms with van der Waals surface area (Å²) >= 11 is 0. The number of hydrogen-bond acceptors (Lipinski definition) is 5. The number of rotatable bonds is 4. The molecule has 0 unspecified atom stereocenters. The molecule has 1 N–H and O–H groups in total. The average molecular weight is 521 g/mol. The fraction of sp³-hybridized carbons (Fsp3) is 0.290. The number of anilines is 2. The summed E-state index contributed by atoms with van der Waals surface area (Å²) in [5.74, 6) is -2.70. The SMILES string of the molecule is C[C@H]1N[C@]2(C(=O)N(CC(=O)N3CCc4ccccc43)c3ccccc32)[C@@H]2C(=O)N(Cc3ccccc3)C(=O)[C@@H]21. The van der Waals surface area contributed by atoms with Crippen LogP contribution in [0.1, 0.15) is 23.6 Å². The van der Waals surface area contributed by atoms with Crippen molar-refractivity contribution < 1.29 is 19.2 Å². The summed E-state index contributed by atoms with van der Waals surface area (Å²) in [6.45, 7) is 2.44. The largest absolute Gasteiger partial charge is 0.310 e. The molecule has 0 aliphatic carbocycles. The van der Waals surface area contributed by atoms with Crippen molar-refractivity contribution in [1.29, 1.82) is 0 Å². The Hall–Kier alpha value is -4.30. The van der Waals surface area contributed by atoms with Gasteiger partial charge in [0.2, 0.25) is 17.7 Å². The van der Waals surface area contributed by atoms with Crippen LogP contribution in [-0.2, 0) is 37.7 Å². The van der Waals surface area contributed by atoms with Gasteiger partial charge in [0.15, 0.2) is 0 Å². The Morgan fingerprint density at radius 2 is 1.56 bits per heavy atom. The van der Waals surface area contributed by atoms with E-state index in [0.29, 0.717) is 17.8 Å². The topological polar surface area (TPSA) is 90.0 Å². The Bertz CT molecular complexity index is 1540. The van der Waals surface area contributed by atoms with E-state index in [0.717, 1.165) is 23.2 Å². The number of para-hydroxylation sites is 2. The molecular formula is C31H28N4O4. The van der Waals surface area contributed by atoms with Crippen molar-refractivity contribution in [2.24, 2.45) is 11.8 Å². The van der Waals surface area contributed by atoms with E-state index in [-0.39, 0.29) is 36.7 Å². The van der Waals surface area contributed by atoms with Crippen LogP contribution in [-0.4, -0.2) is 47.7 Å². The molecule has 4 amide bonds. The number of imide groups is 1. The van der Waals surface area contributed by atoms with Crippen molar-refractivity contribution >= 4 is 35.0 Å². The number of carbonyl (C=O) groups excluding carboxylic acids is 4. The minimum absolute atomic E-state index is 0.144. The second-order valence-corrected chi connectivity index (χ2v) is 10.8. The van der Waals surface area contributed by atoms with Crippen molar-refractivity contribution in [3.63, 3.8) is 0 Å². The van der Waals surface area contributed by atoms with Gasteiger partial charge in [0.05, 0.1) is 18.4 Å². The summed E-state index contributed by atoms with van der Waals surface area (Å²) in [6.07, 6.45) is 0.771. The summed E-state index contributed by atoms with van der Waals surface area (Å²) in [7, 11) is 0. The first kappa shape index (κ1) is 23.8. The molecule has 8 nitrogen and oxygen atoms in total. The normalized spacial score (nSPS) is 26.9. The number of carbonyl (C=O) groups is 4. The zero-order chi connectivity index (χ0) is 26.9. The van der Waals surface area contributed by atoms with E-state index in [1.807, 2.05) is 85.8 Å². The van der Waals surface area contributed by atoms with Crippen LogP contribution in [0.3, 0.4) is 0 Å². The molecule has 4 aliphatic rings. The molecule has 39 heavy (non-hydrogen) atoms. The van der Waals surface area contributed by atoms with Crippen LogP contribution in [0.5, 0.6) is 0 Å². The highest BCUT2D eigenvalue weighted by atomic mass is 16.2. The predicted molar refractivity (Wildman–Crippen MR) is 145 cm³/mol. The molecule has 4 heterocycles. The Kier molecular flexibility index (Phi) is 5.25. The minimum atomic E-state index is -1.40. The van der Waals surface area contributed by atoms with Gasteiger partial charge in [-0.25, -0.2) is 0 Å². The highest BCUT2D eigenvalue weighted by Crippen LogP contribution is 2.54. The maximum absolute atomic E-state index is 14.4. The molecule has 0 bridgehead atoms. The summed E-state index contributed by atoms with van der Waals surface area (Å²) in [4.78, 5) is 60.1. The van der Waals surface area contributed by atoms with Crippen molar-refractivity contribution in [1.82, 2.24) is 10.2 Å². The second kappa shape index (κ2) is 8.61. The first-order valence-corrected chi connectivity index (χ1v) is 13.4. The number of amides is 4. The Balaban J connectivity index is 1.24. The highest BCUT2D eigenvalue weighted by Gasteiger charge is 2.70. The first-order chi connectivity index (χ1) is 18.9. The standard InChI is InChI=1S/C31H28N4O4/c1-19-26-27(29(38)35(28(26)37)17-20-9-3-2-4-10-20)31(32-19)22-12-6-8-14-24(22)34(30(31)39)18-25(36)33-16-15-21-11-5-7-13-23(21)33/h2-14,19,26-27,32H,15-18H2,1H3/t19-,26-,27+,31+/m1/s1. The highest BCUT2D eigenvalue weighted by molar-refractivity contribution is 6.17. The Labute approximate surface area is 226 Å². The zero-order valence-electron chi connectivity index (χ0n) is 21.5. The molecule has 0 saturated carbocycles. The van der Waals surface area contributed by atoms with Gasteiger partial charge in [0, 0.05) is 29.5 Å². The van der Waals surface area contributed by atoms with Crippen LogP contribution in [0, 0.1) is 11.8 Å². The van der Waals surface area contributed by atoms with Gasteiger partial charge >= 0.3 is 0 Å². The van der Waals surface area contributed by atoms with Gasteiger partial charge in [-0.2, -0.15) is 0 Å². The quantitative estimate of drug-likeness (QED) is 0.535. The van der Waals surface area contributed by atoms with Gasteiger partial charge in [-0.3, -0.25) is 29.4 Å². The molecular weight excluding hydrogens is 492 g/mol. The summed E-state index contributed by atoms with van der Waals surface area (Å²) in [6, 6.07) is 24.1. The molecule has 0 aromatic heterocycles. The van der Waals surface area contributed by atoms with Crippen LogP contribution < -0.4 is 15.1 Å². The van der Waals surface area contributed by atoms with E-state index in [1.54, 1.807) is 4.90 Å².